The van der Waals surface area contributed by atoms with Crippen LogP contribution in [-0.2, 0) is 11.2 Å². The quantitative estimate of drug-likeness (QED) is 0.664. The second-order valence-corrected chi connectivity index (χ2v) is 6.72. The predicted octanol–water partition coefficient (Wildman–Crippen LogP) is 4.20. The molecule has 3 aromatic rings. The van der Waals surface area contributed by atoms with Crippen molar-refractivity contribution in [2.75, 3.05) is 23.4 Å². The first-order valence-electron chi connectivity index (χ1n) is 9.54. The van der Waals surface area contributed by atoms with E-state index in [2.05, 4.69) is 16.4 Å². The molecule has 1 amide bonds. The van der Waals surface area contributed by atoms with Gasteiger partial charge in [0.2, 0.25) is 0 Å². The number of esters is 1. The van der Waals surface area contributed by atoms with Crippen molar-refractivity contribution in [1.29, 1.82) is 0 Å². The van der Waals surface area contributed by atoms with Gasteiger partial charge in [0.15, 0.2) is 0 Å². The van der Waals surface area contributed by atoms with Crippen LogP contribution in [0.3, 0.4) is 0 Å². The summed E-state index contributed by atoms with van der Waals surface area (Å²) < 4.78 is 4.99. The van der Waals surface area contributed by atoms with Crippen molar-refractivity contribution in [2.24, 2.45) is 0 Å². The Morgan fingerprint density at radius 3 is 2.62 bits per heavy atom. The highest BCUT2D eigenvalue weighted by Gasteiger charge is 2.25. The summed E-state index contributed by atoms with van der Waals surface area (Å²) in [7, 11) is 0. The Bertz CT molecular complexity index is 1050. The first-order chi connectivity index (χ1) is 14.2. The lowest BCUT2D eigenvalue weighted by molar-refractivity contribution is 0.0526. The van der Waals surface area contributed by atoms with E-state index >= 15 is 0 Å². The number of fused-ring (bicyclic) bond motifs is 1. The fourth-order valence-electron chi connectivity index (χ4n) is 3.40. The van der Waals surface area contributed by atoms with Gasteiger partial charge in [0.1, 0.15) is 0 Å². The third kappa shape index (κ3) is 3.96. The third-order valence-corrected chi connectivity index (χ3v) is 4.80. The summed E-state index contributed by atoms with van der Waals surface area (Å²) in [6.07, 6.45) is 4.10. The number of anilines is 3. The number of rotatable bonds is 5. The minimum Gasteiger partial charge on any atom is -0.462 e. The number of carbonyl (C=O) groups excluding carboxylic acids is 2. The number of amides is 1. The molecule has 0 unspecified atom stereocenters. The molecule has 1 aliphatic heterocycles. The lowest BCUT2D eigenvalue weighted by Gasteiger charge is -2.17. The molecule has 6 nitrogen and oxygen atoms in total. The molecule has 0 aliphatic carbocycles. The van der Waals surface area contributed by atoms with Gasteiger partial charge in [-0.15, -0.1) is 0 Å². The molecule has 2 heterocycles. The van der Waals surface area contributed by atoms with Crippen molar-refractivity contribution < 1.29 is 14.3 Å². The molecule has 0 saturated carbocycles. The van der Waals surface area contributed by atoms with Gasteiger partial charge >= 0.3 is 5.97 Å². The third-order valence-electron chi connectivity index (χ3n) is 4.80. The van der Waals surface area contributed by atoms with Crippen molar-refractivity contribution in [3.63, 3.8) is 0 Å². The Balaban J connectivity index is 1.49. The first kappa shape index (κ1) is 18.7. The van der Waals surface area contributed by atoms with Crippen molar-refractivity contribution in [3.05, 3.63) is 83.7 Å². The van der Waals surface area contributed by atoms with Crippen LogP contribution in [0.5, 0.6) is 0 Å². The summed E-state index contributed by atoms with van der Waals surface area (Å²) in [5.41, 5.74) is 4.65. The summed E-state index contributed by atoms with van der Waals surface area (Å²) in [6.45, 7) is 2.79. The molecule has 0 spiro atoms. The van der Waals surface area contributed by atoms with Gasteiger partial charge in [-0.3, -0.25) is 9.78 Å². The molecule has 29 heavy (non-hydrogen) atoms. The van der Waals surface area contributed by atoms with Crippen LogP contribution in [-0.4, -0.2) is 30.0 Å². The Morgan fingerprint density at radius 1 is 1.03 bits per heavy atom. The van der Waals surface area contributed by atoms with Crippen molar-refractivity contribution >= 4 is 28.9 Å². The summed E-state index contributed by atoms with van der Waals surface area (Å²) in [5, 5.41) is 3.22. The highest BCUT2D eigenvalue weighted by Crippen LogP contribution is 2.29. The number of aromatic nitrogens is 1. The van der Waals surface area contributed by atoms with E-state index in [0.717, 1.165) is 17.8 Å². The molecule has 0 fully saturated rings. The average Bonchev–Trinajstić information content (AvgIpc) is 3.18. The lowest BCUT2D eigenvalue weighted by Crippen LogP contribution is -2.29. The van der Waals surface area contributed by atoms with E-state index in [1.807, 2.05) is 18.2 Å². The lowest BCUT2D eigenvalue weighted by atomic mass is 10.1. The number of benzene rings is 2. The Kier molecular flexibility index (Phi) is 5.24. The van der Waals surface area contributed by atoms with Gasteiger partial charge in [-0.2, -0.15) is 0 Å². The van der Waals surface area contributed by atoms with Gasteiger partial charge < -0.3 is 15.0 Å². The Labute approximate surface area is 169 Å². The molecular weight excluding hydrogens is 366 g/mol. The number of carbonyl (C=O) groups is 2. The molecule has 0 saturated heterocycles. The first-order valence-corrected chi connectivity index (χ1v) is 9.54. The largest absolute Gasteiger partial charge is 0.462 e. The van der Waals surface area contributed by atoms with Gasteiger partial charge in [-0.1, -0.05) is 18.2 Å². The maximum absolute atomic E-state index is 13.0. The zero-order chi connectivity index (χ0) is 20.2. The highest BCUT2D eigenvalue weighted by molar-refractivity contribution is 6.07. The molecular formula is C23H21N3O3. The predicted molar refractivity (Wildman–Crippen MR) is 112 cm³/mol. The van der Waals surface area contributed by atoms with E-state index in [1.54, 1.807) is 54.5 Å². The van der Waals surface area contributed by atoms with Gasteiger partial charge in [-0.05, 0) is 55.3 Å². The molecule has 0 bridgehead atoms. The molecule has 0 radical (unpaired) electrons. The number of pyridine rings is 1. The highest BCUT2D eigenvalue weighted by atomic mass is 16.5. The van der Waals surface area contributed by atoms with Crippen LogP contribution >= 0.6 is 0 Å². The van der Waals surface area contributed by atoms with Crippen LogP contribution in [0.15, 0.2) is 67.0 Å². The Hall–Kier alpha value is -3.67. The SMILES string of the molecule is CCOC(=O)c1ccc(Nc2cncc(C(=O)N3CCc4ccccc43)c2)cc1. The summed E-state index contributed by atoms with van der Waals surface area (Å²) in [6, 6.07) is 16.7. The summed E-state index contributed by atoms with van der Waals surface area (Å²) in [5.74, 6) is -0.414. The van der Waals surface area contributed by atoms with E-state index in [0.29, 0.717) is 30.0 Å². The van der Waals surface area contributed by atoms with Crippen LogP contribution in [0.25, 0.3) is 0 Å². The molecule has 1 N–H and O–H groups in total. The minimum atomic E-state index is -0.348. The zero-order valence-corrected chi connectivity index (χ0v) is 16.1. The maximum Gasteiger partial charge on any atom is 0.338 e. The fraction of sp³-hybridized carbons (Fsp3) is 0.174. The molecule has 0 atom stereocenters. The molecule has 2 aromatic carbocycles. The van der Waals surface area contributed by atoms with Gasteiger partial charge in [-0.25, -0.2) is 4.79 Å². The van der Waals surface area contributed by atoms with Crippen LogP contribution < -0.4 is 10.2 Å². The van der Waals surface area contributed by atoms with E-state index in [4.69, 9.17) is 4.74 Å². The van der Waals surface area contributed by atoms with E-state index < -0.39 is 0 Å². The number of nitrogens with one attached hydrogen (secondary N) is 1. The van der Waals surface area contributed by atoms with E-state index in [-0.39, 0.29) is 11.9 Å². The van der Waals surface area contributed by atoms with Crippen LogP contribution in [0.2, 0.25) is 0 Å². The van der Waals surface area contributed by atoms with Gasteiger partial charge in [0.05, 0.1) is 29.6 Å². The normalized spacial score (nSPS) is 12.4. The van der Waals surface area contributed by atoms with Crippen molar-refractivity contribution in [1.82, 2.24) is 4.98 Å². The average molecular weight is 387 g/mol. The summed E-state index contributed by atoms with van der Waals surface area (Å²) >= 11 is 0. The topological polar surface area (TPSA) is 71.5 Å². The zero-order valence-electron chi connectivity index (χ0n) is 16.1. The van der Waals surface area contributed by atoms with Crippen molar-refractivity contribution in [3.8, 4) is 0 Å². The summed E-state index contributed by atoms with van der Waals surface area (Å²) in [4.78, 5) is 30.8. The number of nitrogens with zero attached hydrogens (tertiary/aromatic N) is 2. The van der Waals surface area contributed by atoms with Crippen LogP contribution in [0.1, 0.15) is 33.2 Å². The second-order valence-electron chi connectivity index (χ2n) is 6.72. The number of hydrogen-bond acceptors (Lipinski definition) is 5. The number of para-hydroxylation sites is 1. The monoisotopic (exact) mass is 387 g/mol. The molecule has 1 aromatic heterocycles. The van der Waals surface area contributed by atoms with Crippen LogP contribution in [0.4, 0.5) is 17.1 Å². The minimum absolute atomic E-state index is 0.0660. The van der Waals surface area contributed by atoms with Crippen LogP contribution in [0, 0.1) is 0 Å². The van der Waals surface area contributed by atoms with E-state index in [9.17, 15) is 9.59 Å². The smallest absolute Gasteiger partial charge is 0.338 e. The molecule has 1 aliphatic rings. The number of hydrogen-bond donors (Lipinski definition) is 1. The van der Waals surface area contributed by atoms with Crippen molar-refractivity contribution in [2.45, 2.75) is 13.3 Å². The second kappa shape index (κ2) is 8.14. The number of ether oxygens (including phenoxy) is 1. The standard InChI is InChI=1S/C23H21N3O3/c1-2-29-23(28)17-7-9-19(10-8-17)25-20-13-18(14-24-15-20)22(27)26-12-11-16-5-3-4-6-21(16)26/h3-10,13-15,25H,2,11-12H2,1H3. The molecule has 146 valence electrons. The van der Waals surface area contributed by atoms with Gasteiger partial charge in [0, 0.05) is 24.1 Å². The fourth-order valence-corrected chi connectivity index (χ4v) is 3.40. The Morgan fingerprint density at radius 2 is 1.83 bits per heavy atom. The molecule has 4 rings (SSSR count). The van der Waals surface area contributed by atoms with Gasteiger partial charge in [0.25, 0.3) is 5.91 Å². The maximum atomic E-state index is 13.0. The molecule has 6 heteroatoms. The van der Waals surface area contributed by atoms with E-state index in [1.165, 1.54) is 5.56 Å².